The fourth-order valence-electron chi connectivity index (χ4n) is 4.08. The molecule has 148 valence electrons. The van der Waals surface area contributed by atoms with Crippen molar-refractivity contribution in [1.82, 2.24) is 4.90 Å². The van der Waals surface area contributed by atoms with Crippen molar-refractivity contribution in [3.63, 3.8) is 0 Å². The summed E-state index contributed by atoms with van der Waals surface area (Å²) >= 11 is 0. The van der Waals surface area contributed by atoms with E-state index in [1.54, 1.807) is 6.07 Å². The lowest BCUT2D eigenvalue weighted by Crippen LogP contribution is -2.48. The minimum Gasteiger partial charge on any atom is -0.506 e. The van der Waals surface area contributed by atoms with Crippen LogP contribution in [0, 0.1) is 0 Å². The maximum atomic E-state index is 12.6. The third kappa shape index (κ3) is 4.22. The van der Waals surface area contributed by atoms with E-state index in [1.165, 1.54) is 12.8 Å². The Kier molecular flexibility index (Phi) is 5.67. The molecule has 2 heterocycles. The molecule has 2 aliphatic heterocycles. The largest absolute Gasteiger partial charge is 0.506 e. The molecule has 28 heavy (non-hydrogen) atoms. The number of carbonyl (C=O) groups excluding carboxylic acids is 1. The Balaban J connectivity index is 1.31. The van der Waals surface area contributed by atoms with Crippen molar-refractivity contribution in [3.05, 3.63) is 48.5 Å². The molecule has 2 fully saturated rings. The van der Waals surface area contributed by atoms with Crippen LogP contribution < -0.4 is 15.1 Å². The maximum Gasteiger partial charge on any atom is 0.238 e. The van der Waals surface area contributed by atoms with Gasteiger partial charge in [0.25, 0.3) is 0 Å². The monoisotopic (exact) mass is 380 g/mol. The number of carbonyl (C=O) groups is 1. The fourth-order valence-corrected chi connectivity index (χ4v) is 4.08. The van der Waals surface area contributed by atoms with E-state index in [4.69, 9.17) is 0 Å². The number of piperazine rings is 1. The molecule has 0 saturated carbocycles. The number of rotatable bonds is 5. The number of anilines is 3. The molecule has 0 aromatic heterocycles. The normalized spacial score (nSPS) is 17.7. The summed E-state index contributed by atoms with van der Waals surface area (Å²) in [5, 5.41) is 13.1. The number of hydrogen-bond acceptors (Lipinski definition) is 5. The zero-order valence-electron chi connectivity index (χ0n) is 16.2. The number of nitrogens with one attached hydrogen (secondary N) is 1. The Morgan fingerprint density at radius 2 is 1.43 bits per heavy atom. The summed E-state index contributed by atoms with van der Waals surface area (Å²) < 4.78 is 0. The highest BCUT2D eigenvalue weighted by atomic mass is 16.3. The van der Waals surface area contributed by atoms with Crippen molar-refractivity contribution in [3.8, 4) is 5.75 Å². The van der Waals surface area contributed by atoms with Crippen molar-refractivity contribution in [2.75, 3.05) is 60.9 Å². The summed E-state index contributed by atoms with van der Waals surface area (Å²) in [6.45, 7) is 5.71. The van der Waals surface area contributed by atoms with Gasteiger partial charge in [0.05, 0.1) is 23.6 Å². The van der Waals surface area contributed by atoms with Crippen LogP contribution in [0.3, 0.4) is 0 Å². The van der Waals surface area contributed by atoms with Gasteiger partial charge in [-0.25, -0.2) is 0 Å². The second-order valence-corrected chi connectivity index (χ2v) is 7.51. The van der Waals surface area contributed by atoms with Gasteiger partial charge in [-0.1, -0.05) is 24.3 Å². The van der Waals surface area contributed by atoms with Gasteiger partial charge in [0.15, 0.2) is 0 Å². The first-order valence-electron chi connectivity index (χ1n) is 10.1. The second kappa shape index (κ2) is 8.52. The van der Waals surface area contributed by atoms with E-state index in [-0.39, 0.29) is 5.91 Å². The number of hydrogen-bond donors (Lipinski definition) is 2. The molecule has 6 nitrogen and oxygen atoms in total. The van der Waals surface area contributed by atoms with Crippen LogP contribution in [0.1, 0.15) is 12.8 Å². The van der Waals surface area contributed by atoms with Crippen LogP contribution in [0.4, 0.5) is 17.1 Å². The topological polar surface area (TPSA) is 59.1 Å². The van der Waals surface area contributed by atoms with Crippen LogP contribution >= 0.6 is 0 Å². The predicted octanol–water partition coefficient (Wildman–Crippen LogP) is 2.75. The highest BCUT2D eigenvalue weighted by Crippen LogP contribution is 2.29. The first-order chi connectivity index (χ1) is 13.7. The Hall–Kier alpha value is -2.73. The standard InChI is InChI=1S/C22H28N4O2/c27-21-10-4-3-9-20(21)26-15-13-24(14-16-26)17-22(28)23-18-7-1-2-8-19(18)25-11-5-6-12-25/h1-4,7-10,27H,5-6,11-17H2,(H,23,28). The quantitative estimate of drug-likeness (QED) is 0.835. The van der Waals surface area contributed by atoms with Crippen LogP contribution in [0.15, 0.2) is 48.5 Å². The highest BCUT2D eigenvalue weighted by Gasteiger charge is 2.22. The smallest absolute Gasteiger partial charge is 0.238 e. The van der Waals surface area contributed by atoms with E-state index in [0.29, 0.717) is 12.3 Å². The predicted molar refractivity (Wildman–Crippen MR) is 113 cm³/mol. The van der Waals surface area contributed by atoms with E-state index in [9.17, 15) is 9.90 Å². The van der Waals surface area contributed by atoms with Crippen LogP contribution in [0.2, 0.25) is 0 Å². The van der Waals surface area contributed by atoms with E-state index >= 15 is 0 Å². The molecule has 2 saturated heterocycles. The van der Waals surface area contributed by atoms with Gasteiger partial charge in [-0.05, 0) is 37.1 Å². The van der Waals surface area contributed by atoms with Gasteiger partial charge in [0, 0.05) is 39.3 Å². The summed E-state index contributed by atoms with van der Waals surface area (Å²) in [7, 11) is 0. The van der Waals surface area contributed by atoms with Crippen molar-refractivity contribution < 1.29 is 9.90 Å². The van der Waals surface area contributed by atoms with E-state index in [2.05, 4.69) is 26.1 Å². The summed E-state index contributed by atoms with van der Waals surface area (Å²) in [6, 6.07) is 15.5. The van der Waals surface area contributed by atoms with E-state index in [0.717, 1.165) is 56.3 Å². The zero-order chi connectivity index (χ0) is 19.3. The van der Waals surface area contributed by atoms with Crippen molar-refractivity contribution in [1.29, 1.82) is 0 Å². The van der Waals surface area contributed by atoms with Gasteiger partial charge < -0.3 is 20.2 Å². The average molecular weight is 380 g/mol. The third-order valence-corrected chi connectivity index (χ3v) is 5.59. The minimum atomic E-state index is 0.0302. The molecule has 0 aliphatic carbocycles. The number of phenolic OH excluding ortho intramolecular Hbond substituents is 1. The van der Waals surface area contributed by atoms with Gasteiger partial charge in [-0.2, -0.15) is 0 Å². The van der Waals surface area contributed by atoms with E-state index in [1.807, 2.05) is 36.4 Å². The molecule has 6 heteroatoms. The number of phenols is 1. The van der Waals surface area contributed by atoms with Gasteiger partial charge in [0.2, 0.25) is 5.91 Å². The number of para-hydroxylation sites is 4. The Labute approximate surface area is 166 Å². The van der Waals surface area contributed by atoms with Gasteiger partial charge in [-0.15, -0.1) is 0 Å². The zero-order valence-corrected chi connectivity index (χ0v) is 16.2. The maximum absolute atomic E-state index is 12.6. The summed E-state index contributed by atoms with van der Waals surface area (Å²) in [6.07, 6.45) is 2.42. The van der Waals surface area contributed by atoms with Gasteiger partial charge in [-0.3, -0.25) is 9.69 Å². The molecule has 2 aromatic carbocycles. The number of amides is 1. The van der Waals surface area contributed by atoms with Gasteiger partial charge in [0.1, 0.15) is 5.75 Å². The number of nitrogens with zero attached hydrogens (tertiary/aromatic N) is 3. The van der Waals surface area contributed by atoms with Crippen LogP contribution in [0.5, 0.6) is 5.75 Å². The lowest BCUT2D eigenvalue weighted by Gasteiger charge is -2.36. The van der Waals surface area contributed by atoms with Gasteiger partial charge >= 0.3 is 0 Å². The highest BCUT2D eigenvalue weighted by molar-refractivity contribution is 5.95. The van der Waals surface area contributed by atoms with Crippen LogP contribution in [0.25, 0.3) is 0 Å². The average Bonchev–Trinajstić information content (AvgIpc) is 3.24. The Morgan fingerprint density at radius 3 is 2.14 bits per heavy atom. The fraction of sp³-hybridized carbons (Fsp3) is 0.409. The summed E-state index contributed by atoms with van der Waals surface area (Å²) in [5.74, 6) is 0.342. The first kappa shape index (κ1) is 18.6. The lowest BCUT2D eigenvalue weighted by molar-refractivity contribution is -0.117. The summed E-state index contributed by atoms with van der Waals surface area (Å²) in [5.41, 5.74) is 2.89. The lowest BCUT2D eigenvalue weighted by atomic mass is 10.2. The molecular formula is C22H28N4O2. The molecule has 0 spiro atoms. The number of aromatic hydroxyl groups is 1. The number of benzene rings is 2. The molecule has 0 unspecified atom stereocenters. The molecule has 2 aromatic rings. The van der Waals surface area contributed by atoms with Crippen molar-refractivity contribution in [2.45, 2.75) is 12.8 Å². The van der Waals surface area contributed by atoms with Crippen molar-refractivity contribution in [2.24, 2.45) is 0 Å². The first-order valence-corrected chi connectivity index (χ1v) is 10.1. The second-order valence-electron chi connectivity index (χ2n) is 7.51. The molecule has 2 N–H and O–H groups in total. The minimum absolute atomic E-state index is 0.0302. The van der Waals surface area contributed by atoms with E-state index < -0.39 is 0 Å². The van der Waals surface area contributed by atoms with Crippen LogP contribution in [-0.2, 0) is 4.79 Å². The van der Waals surface area contributed by atoms with Crippen LogP contribution in [-0.4, -0.2) is 61.7 Å². The molecule has 0 radical (unpaired) electrons. The Morgan fingerprint density at radius 1 is 0.821 bits per heavy atom. The molecule has 4 rings (SSSR count). The molecular weight excluding hydrogens is 352 g/mol. The van der Waals surface area contributed by atoms with Crippen molar-refractivity contribution >= 4 is 23.0 Å². The SMILES string of the molecule is O=C(CN1CCN(c2ccccc2O)CC1)Nc1ccccc1N1CCCC1. The molecule has 1 amide bonds. The third-order valence-electron chi connectivity index (χ3n) is 5.59. The molecule has 0 bridgehead atoms. The Bertz CT molecular complexity index is 812. The molecule has 0 atom stereocenters. The summed E-state index contributed by atoms with van der Waals surface area (Å²) in [4.78, 5) is 19.3. The molecule has 2 aliphatic rings.